The highest BCUT2D eigenvalue weighted by Crippen LogP contribution is 2.29. The van der Waals surface area contributed by atoms with Crippen molar-refractivity contribution in [3.63, 3.8) is 0 Å². The van der Waals surface area contributed by atoms with Crippen molar-refractivity contribution in [2.45, 2.75) is 37.8 Å². The molecule has 29 heavy (non-hydrogen) atoms. The molecule has 0 spiro atoms. The molecule has 0 radical (unpaired) electrons. The Morgan fingerprint density at radius 1 is 1.28 bits per heavy atom. The van der Waals surface area contributed by atoms with E-state index in [1.807, 2.05) is 23.9 Å². The fourth-order valence-electron chi connectivity index (χ4n) is 3.79. The molecule has 152 valence electrons. The minimum Gasteiger partial charge on any atom is -0.365 e. The number of anilines is 3. The zero-order valence-corrected chi connectivity index (χ0v) is 16.2. The summed E-state index contributed by atoms with van der Waals surface area (Å²) in [4.78, 5) is 20.6. The van der Waals surface area contributed by atoms with Gasteiger partial charge in [0.05, 0.1) is 11.3 Å². The second-order valence-electron chi connectivity index (χ2n) is 7.43. The highest BCUT2D eigenvalue weighted by atomic mass is 19.1. The predicted molar refractivity (Wildman–Crippen MR) is 111 cm³/mol. The second-order valence-corrected chi connectivity index (χ2v) is 7.43. The molecule has 0 aliphatic heterocycles. The third kappa shape index (κ3) is 3.73. The number of primary amides is 1. The average molecular weight is 397 g/mol. The highest BCUT2D eigenvalue weighted by molar-refractivity contribution is 6.00. The van der Waals surface area contributed by atoms with Gasteiger partial charge in [0.1, 0.15) is 11.5 Å². The van der Waals surface area contributed by atoms with Gasteiger partial charge in [-0.15, -0.1) is 0 Å². The number of pyridine rings is 2. The summed E-state index contributed by atoms with van der Waals surface area (Å²) in [5, 5.41) is 7.08. The van der Waals surface area contributed by atoms with Crippen LogP contribution in [0.5, 0.6) is 0 Å². The third-order valence-electron chi connectivity index (χ3n) is 5.40. The Bertz CT molecular complexity index is 1060. The van der Waals surface area contributed by atoms with E-state index in [-0.39, 0.29) is 29.3 Å². The van der Waals surface area contributed by atoms with Crippen LogP contribution in [0.4, 0.5) is 21.7 Å². The fourth-order valence-corrected chi connectivity index (χ4v) is 3.79. The summed E-state index contributed by atoms with van der Waals surface area (Å²) in [6, 6.07) is 4.64. The van der Waals surface area contributed by atoms with Gasteiger partial charge in [-0.05, 0) is 31.0 Å². The first kappa shape index (κ1) is 19.1. The number of nitrogens with zero attached hydrogens (tertiary/aromatic N) is 3. The Labute approximate surface area is 167 Å². The summed E-state index contributed by atoms with van der Waals surface area (Å²) in [7, 11) is 1.89. The number of hydrogen-bond donors (Lipinski definition) is 4. The van der Waals surface area contributed by atoms with Gasteiger partial charge in [0.2, 0.25) is 0 Å². The molecule has 3 aromatic rings. The predicted octanol–water partition coefficient (Wildman–Crippen LogP) is 2.63. The summed E-state index contributed by atoms with van der Waals surface area (Å²) in [5.41, 5.74) is 13.1. The first-order valence-corrected chi connectivity index (χ1v) is 9.63. The van der Waals surface area contributed by atoms with Gasteiger partial charge in [-0.1, -0.05) is 12.8 Å². The lowest BCUT2D eigenvalue weighted by Gasteiger charge is -2.30. The van der Waals surface area contributed by atoms with Crippen LogP contribution in [0.2, 0.25) is 0 Å². The number of hydrogen-bond acceptors (Lipinski definition) is 6. The Kier molecular flexibility index (Phi) is 5.06. The molecule has 1 aliphatic carbocycles. The average Bonchev–Trinajstić information content (AvgIpc) is 3.08. The number of aryl methyl sites for hydroxylation is 1. The van der Waals surface area contributed by atoms with Crippen LogP contribution in [-0.2, 0) is 7.05 Å². The van der Waals surface area contributed by atoms with Crippen LogP contribution in [0.1, 0.15) is 36.0 Å². The van der Waals surface area contributed by atoms with Gasteiger partial charge in [-0.3, -0.25) is 4.79 Å². The maximum absolute atomic E-state index is 14.7. The smallest absolute Gasteiger partial charge is 0.252 e. The number of nitrogens with one attached hydrogen (secondary N) is 2. The van der Waals surface area contributed by atoms with Crippen molar-refractivity contribution in [3.8, 4) is 0 Å². The lowest BCUT2D eigenvalue weighted by molar-refractivity contribution is 0.100. The van der Waals surface area contributed by atoms with E-state index in [0.717, 1.165) is 42.8 Å². The quantitative estimate of drug-likeness (QED) is 0.525. The molecule has 9 heteroatoms. The fraction of sp³-hybridized carbons (Fsp3) is 0.350. The van der Waals surface area contributed by atoms with Crippen LogP contribution in [0.3, 0.4) is 0 Å². The minimum atomic E-state index is -0.766. The van der Waals surface area contributed by atoms with Crippen molar-refractivity contribution in [2.75, 3.05) is 10.6 Å². The molecule has 0 bridgehead atoms. The van der Waals surface area contributed by atoms with Crippen LogP contribution in [0.15, 0.2) is 30.6 Å². The van der Waals surface area contributed by atoms with Gasteiger partial charge < -0.3 is 26.7 Å². The van der Waals surface area contributed by atoms with Crippen molar-refractivity contribution in [1.29, 1.82) is 0 Å². The van der Waals surface area contributed by atoms with Crippen molar-refractivity contribution in [1.82, 2.24) is 14.5 Å². The number of fused-ring (bicyclic) bond motifs is 1. The maximum atomic E-state index is 14.7. The molecule has 3 aromatic heterocycles. The first-order valence-electron chi connectivity index (χ1n) is 9.63. The van der Waals surface area contributed by atoms with E-state index in [1.54, 1.807) is 12.3 Å². The topological polar surface area (TPSA) is 124 Å². The van der Waals surface area contributed by atoms with Gasteiger partial charge >= 0.3 is 0 Å². The highest BCUT2D eigenvalue weighted by Gasteiger charge is 2.24. The van der Waals surface area contributed by atoms with E-state index in [0.29, 0.717) is 5.69 Å². The Hall–Kier alpha value is -3.20. The summed E-state index contributed by atoms with van der Waals surface area (Å²) in [5.74, 6) is -1.17. The lowest BCUT2D eigenvalue weighted by Crippen LogP contribution is -2.43. The maximum Gasteiger partial charge on any atom is 0.252 e. The number of nitrogens with two attached hydrogens (primary N) is 2. The largest absolute Gasteiger partial charge is 0.365 e. The van der Waals surface area contributed by atoms with Crippen molar-refractivity contribution in [2.24, 2.45) is 18.5 Å². The number of halogens is 1. The third-order valence-corrected chi connectivity index (χ3v) is 5.40. The van der Waals surface area contributed by atoms with Crippen LogP contribution < -0.4 is 22.1 Å². The molecule has 0 saturated heterocycles. The minimum absolute atomic E-state index is 0.0260. The zero-order valence-electron chi connectivity index (χ0n) is 16.2. The van der Waals surface area contributed by atoms with Gasteiger partial charge in [0, 0.05) is 36.9 Å². The van der Waals surface area contributed by atoms with Crippen LogP contribution in [0.25, 0.3) is 11.0 Å². The van der Waals surface area contributed by atoms with Crippen molar-refractivity contribution >= 4 is 34.3 Å². The summed E-state index contributed by atoms with van der Waals surface area (Å²) >= 11 is 0. The first-order chi connectivity index (χ1) is 13.9. The number of carbonyl (C=O) groups excluding carboxylic acids is 1. The van der Waals surface area contributed by atoms with Crippen LogP contribution in [-0.4, -0.2) is 32.5 Å². The van der Waals surface area contributed by atoms with Gasteiger partial charge in [0.25, 0.3) is 5.91 Å². The summed E-state index contributed by atoms with van der Waals surface area (Å²) in [6.45, 7) is 0. The van der Waals surface area contributed by atoms with Gasteiger partial charge in [-0.2, -0.15) is 0 Å². The van der Waals surface area contributed by atoms with Crippen LogP contribution >= 0.6 is 0 Å². The van der Waals surface area contributed by atoms with E-state index >= 15 is 0 Å². The molecule has 4 rings (SSSR count). The number of rotatable bonds is 5. The second kappa shape index (κ2) is 7.67. The normalized spacial score (nSPS) is 19.3. The number of amides is 1. The molecule has 1 fully saturated rings. The Morgan fingerprint density at radius 3 is 2.83 bits per heavy atom. The van der Waals surface area contributed by atoms with E-state index in [9.17, 15) is 9.18 Å². The lowest BCUT2D eigenvalue weighted by atomic mass is 9.91. The molecule has 6 N–H and O–H groups in total. The van der Waals surface area contributed by atoms with E-state index in [2.05, 4.69) is 20.6 Å². The monoisotopic (exact) mass is 397 g/mol. The van der Waals surface area contributed by atoms with Gasteiger partial charge in [-0.25, -0.2) is 14.4 Å². The van der Waals surface area contributed by atoms with E-state index in [1.165, 1.54) is 0 Å². The molecule has 8 nitrogen and oxygen atoms in total. The van der Waals surface area contributed by atoms with Gasteiger partial charge in [0.15, 0.2) is 11.6 Å². The molecular formula is C20H24FN7O. The molecular weight excluding hydrogens is 373 g/mol. The summed E-state index contributed by atoms with van der Waals surface area (Å²) in [6.07, 6.45) is 7.36. The zero-order chi connectivity index (χ0) is 20.5. The molecule has 0 unspecified atom stereocenters. The van der Waals surface area contributed by atoms with Crippen LogP contribution in [0, 0.1) is 5.82 Å². The molecule has 1 saturated carbocycles. The number of aromatic nitrogens is 3. The van der Waals surface area contributed by atoms with Crippen molar-refractivity contribution < 1.29 is 9.18 Å². The van der Waals surface area contributed by atoms with E-state index < -0.39 is 11.7 Å². The van der Waals surface area contributed by atoms with Crippen molar-refractivity contribution in [3.05, 3.63) is 42.0 Å². The SMILES string of the molecule is Cn1ccc2c(Nc3nc(N[C@@H]4CCCC[C@@H]4N)c(F)cc3C(N)=O)ccnc21. The van der Waals surface area contributed by atoms with E-state index in [4.69, 9.17) is 11.5 Å². The number of carbonyl (C=O) groups is 1. The molecule has 2 atom stereocenters. The molecule has 1 amide bonds. The summed E-state index contributed by atoms with van der Waals surface area (Å²) < 4.78 is 16.5. The Balaban J connectivity index is 1.71. The Morgan fingerprint density at radius 2 is 2.07 bits per heavy atom. The molecule has 3 heterocycles. The standard InChI is InChI=1S/C20H24FN7O/c1-28-9-7-11-15(6-8-24-20(11)28)25-18-12(17(23)29)10-13(21)19(27-18)26-16-5-3-2-4-14(16)22/h6-10,14,16H,2-5,22H2,1H3,(H2,23,29)(H2,24,25,26,27)/t14-,16+/m0/s1. The molecule has 0 aromatic carbocycles. The molecule has 1 aliphatic rings.